The number of nitrogens with zero attached hydrogens (tertiary/aromatic N) is 4. The van der Waals surface area contributed by atoms with Crippen molar-refractivity contribution < 1.29 is 5.11 Å². The molecule has 0 radical (unpaired) electrons. The summed E-state index contributed by atoms with van der Waals surface area (Å²) >= 11 is 12.5. The third-order valence-electron chi connectivity index (χ3n) is 7.14. The molecule has 1 aromatic carbocycles. The van der Waals surface area contributed by atoms with Crippen molar-refractivity contribution in [1.82, 2.24) is 9.97 Å². The Morgan fingerprint density at radius 2 is 1.97 bits per heavy atom. The summed E-state index contributed by atoms with van der Waals surface area (Å²) in [6.45, 7) is 5.94. The van der Waals surface area contributed by atoms with E-state index in [1.807, 2.05) is 13.0 Å². The molecule has 30 heavy (non-hydrogen) atoms. The smallest absolute Gasteiger partial charge is 0.153 e. The van der Waals surface area contributed by atoms with Crippen molar-refractivity contribution in [1.29, 1.82) is 5.26 Å². The molecule has 7 heteroatoms. The molecule has 1 aromatic heterocycles. The van der Waals surface area contributed by atoms with Gasteiger partial charge in [0.2, 0.25) is 0 Å². The van der Waals surface area contributed by atoms with Crippen LogP contribution in [0.1, 0.15) is 56.0 Å². The van der Waals surface area contributed by atoms with Gasteiger partial charge in [0.1, 0.15) is 11.8 Å². The maximum absolute atomic E-state index is 10.0. The average molecular weight is 445 g/mol. The number of aliphatic hydroxyl groups excluding tert-OH is 1. The molecule has 2 heterocycles. The molecule has 2 aromatic rings. The number of hydrogen-bond donors (Lipinski definition) is 1. The van der Waals surface area contributed by atoms with Gasteiger partial charge in [-0.3, -0.25) is 0 Å². The number of benzene rings is 1. The lowest BCUT2D eigenvalue weighted by molar-refractivity contribution is 0.161. The lowest BCUT2D eigenvalue weighted by atomic mass is 9.71. The largest absolute Gasteiger partial charge is 0.390 e. The molecular formula is C23H26Cl2N4O. The van der Waals surface area contributed by atoms with Crippen molar-refractivity contribution in [2.24, 2.45) is 11.3 Å². The highest BCUT2D eigenvalue weighted by Gasteiger charge is 2.42. The van der Waals surface area contributed by atoms with Gasteiger partial charge in [-0.05, 0) is 49.7 Å². The lowest BCUT2D eigenvalue weighted by Gasteiger charge is -2.43. The van der Waals surface area contributed by atoms with Gasteiger partial charge in [0.25, 0.3) is 0 Å². The van der Waals surface area contributed by atoms with Crippen LogP contribution < -0.4 is 4.90 Å². The second-order valence-electron chi connectivity index (χ2n) is 8.62. The summed E-state index contributed by atoms with van der Waals surface area (Å²) in [6.07, 6.45) is 6.33. The molecule has 4 rings (SSSR count). The summed E-state index contributed by atoms with van der Waals surface area (Å²) in [5.74, 6) is 1.54. The van der Waals surface area contributed by atoms with E-state index in [0.29, 0.717) is 33.1 Å². The van der Waals surface area contributed by atoms with E-state index in [1.54, 1.807) is 12.1 Å². The number of piperidine rings is 1. The summed E-state index contributed by atoms with van der Waals surface area (Å²) in [6, 6.07) is 5.43. The Morgan fingerprint density at radius 3 is 2.57 bits per heavy atom. The van der Waals surface area contributed by atoms with Gasteiger partial charge in [-0.2, -0.15) is 5.26 Å². The molecule has 1 aliphatic heterocycles. The van der Waals surface area contributed by atoms with Crippen molar-refractivity contribution in [3.63, 3.8) is 0 Å². The van der Waals surface area contributed by atoms with Gasteiger partial charge < -0.3 is 10.0 Å². The zero-order valence-corrected chi connectivity index (χ0v) is 18.9. The number of halogens is 2. The first kappa shape index (κ1) is 21.4. The number of hydrogen-bond acceptors (Lipinski definition) is 5. The molecule has 0 bridgehead atoms. The minimum Gasteiger partial charge on any atom is -0.390 e. The van der Waals surface area contributed by atoms with Crippen LogP contribution in [0.25, 0.3) is 11.3 Å². The summed E-state index contributed by atoms with van der Waals surface area (Å²) < 4.78 is 0. The number of aromatic nitrogens is 2. The maximum atomic E-state index is 10.0. The topological polar surface area (TPSA) is 73.0 Å². The van der Waals surface area contributed by atoms with Crippen molar-refractivity contribution in [3.05, 3.63) is 39.1 Å². The Balaban J connectivity index is 1.67. The minimum atomic E-state index is -0.204. The van der Waals surface area contributed by atoms with Gasteiger partial charge in [0.05, 0.1) is 33.6 Å². The first-order valence-electron chi connectivity index (χ1n) is 10.5. The predicted molar refractivity (Wildman–Crippen MR) is 120 cm³/mol. The monoisotopic (exact) mass is 444 g/mol. The maximum Gasteiger partial charge on any atom is 0.153 e. The number of anilines is 1. The van der Waals surface area contributed by atoms with Crippen LogP contribution in [0.4, 0.5) is 5.82 Å². The summed E-state index contributed by atoms with van der Waals surface area (Å²) in [5.41, 5.74) is 3.11. The highest BCUT2D eigenvalue weighted by atomic mass is 35.5. The van der Waals surface area contributed by atoms with Crippen LogP contribution in [-0.2, 0) is 6.61 Å². The Kier molecular flexibility index (Phi) is 5.94. The molecule has 1 aliphatic carbocycles. The second kappa shape index (κ2) is 8.34. The molecule has 0 amide bonds. The van der Waals surface area contributed by atoms with Gasteiger partial charge in [-0.25, -0.2) is 9.97 Å². The summed E-state index contributed by atoms with van der Waals surface area (Å²) in [4.78, 5) is 11.8. The minimum absolute atomic E-state index is 0.204. The zero-order chi connectivity index (χ0) is 21.5. The average Bonchev–Trinajstić information content (AvgIpc) is 3.09. The van der Waals surface area contributed by atoms with E-state index in [9.17, 15) is 10.4 Å². The van der Waals surface area contributed by atoms with Crippen molar-refractivity contribution in [3.8, 4) is 17.3 Å². The highest BCUT2D eigenvalue weighted by Crippen LogP contribution is 2.50. The normalized spacial score (nSPS) is 20.5. The molecular weight excluding hydrogens is 419 g/mol. The van der Waals surface area contributed by atoms with Gasteiger partial charge in [0, 0.05) is 18.7 Å². The van der Waals surface area contributed by atoms with Gasteiger partial charge in [-0.1, -0.05) is 43.0 Å². The number of aryl methyl sites for hydroxylation is 1. The Hall–Kier alpha value is -1.87. The van der Waals surface area contributed by atoms with E-state index in [1.165, 1.54) is 19.3 Å². The molecule has 0 unspecified atom stereocenters. The number of aliphatic hydroxyl groups is 1. The predicted octanol–water partition coefficient (Wildman–Crippen LogP) is 5.53. The van der Waals surface area contributed by atoms with Gasteiger partial charge in [0.15, 0.2) is 5.82 Å². The molecule has 2 fully saturated rings. The molecule has 1 N–H and O–H groups in total. The highest BCUT2D eigenvalue weighted by molar-refractivity contribution is 6.38. The quantitative estimate of drug-likeness (QED) is 0.673. The number of nitriles is 1. The number of rotatable bonds is 3. The van der Waals surface area contributed by atoms with Crippen molar-refractivity contribution >= 4 is 29.0 Å². The van der Waals surface area contributed by atoms with Crippen LogP contribution in [0.2, 0.25) is 10.0 Å². The Morgan fingerprint density at radius 1 is 1.23 bits per heavy atom. The van der Waals surface area contributed by atoms with Gasteiger partial charge >= 0.3 is 0 Å². The Labute approximate surface area is 187 Å². The second-order valence-corrected chi connectivity index (χ2v) is 9.41. The Bertz CT molecular complexity index is 1010. The first-order chi connectivity index (χ1) is 14.4. The third kappa shape index (κ3) is 3.56. The summed E-state index contributed by atoms with van der Waals surface area (Å²) in [5, 5.41) is 20.0. The van der Waals surface area contributed by atoms with Crippen LogP contribution >= 0.6 is 23.2 Å². The van der Waals surface area contributed by atoms with E-state index in [-0.39, 0.29) is 17.2 Å². The zero-order valence-electron chi connectivity index (χ0n) is 17.4. The molecule has 1 spiro atoms. The first-order valence-corrected chi connectivity index (χ1v) is 11.3. The fourth-order valence-electron chi connectivity index (χ4n) is 5.21. The molecule has 1 saturated carbocycles. The van der Waals surface area contributed by atoms with E-state index in [4.69, 9.17) is 33.2 Å². The fourth-order valence-corrected chi connectivity index (χ4v) is 5.76. The summed E-state index contributed by atoms with van der Waals surface area (Å²) in [7, 11) is 0. The van der Waals surface area contributed by atoms with Crippen LogP contribution in [0.5, 0.6) is 0 Å². The van der Waals surface area contributed by atoms with E-state index in [0.717, 1.165) is 37.7 Å². The van der Waals surface area contributed by atoms with Crippen LogP contribution in [0, 0.1) is 29.6 Å². The van der Waals surface area contributed by atoms with Crippen LogP contribution in [0.15, 0.2) is 12.1 Å². The SMILES string of the molecule is Cc1nc(N2CCC3(CCC[C@H]3C)CC2)c(CO)nc1-c1ccc(Cl)c(C#N)c1Cl. The standard InChI is InChI=1S/C23H26Cl2N4O/c1-14-4-3-7-23(14)8-10-29(11-9-23)22-19(13-30)28-21(15(2)27-22)16-5-6-18(24)17(12-26)20(16)25/h5-6,14,30H,3-4,7-11,13H2,1-2H3/t14-/m1/s1. The van der Waals surface area contributed by atoms with E-state index < -0.39 is 0 Å². The van der Waals surface area contributed by atoms with Gasteiger partial charge in [-0.15, -0.1) is 0 Å². The van der Waals surface area contributed by atoms with E-state index >= 15 is 0 Å². The fraction of sp³-hybridized carbons (Fsp3) is 0.522. The molecule has 158 valence electrons. The molecule has 5 nitrogen and oxygen atoms in total. The molecule has 2 aliphatic rings. The van der Waals surface area contributed by atoms with Crippen LogP contribution in [0.3, 0.4) is 0 Å². The molecule has 1 atom stereocenters. The van der Waals surface area contributed by atoms with Crippen LogP contribution in [-0.4, -0.2) is 28.2 Å². The lowest BCUT2D eigenvalue weighted by Crippen LogP contribution is -2.42. The van der Waals surface area contributed by atoms with Crippen molar-refractivity contribution in [2.75, 3.05) is 18.0 Å². The third-order valence-corrected chi connectivity index (χ3v) is 7.85. The molecule has 1 saturated heterocycles. The van der Waals surface area contributed by atoms with Crippen molar-refractivity contribution in [2.45, 2.75) is 52.6 Å². The van der Waals surface area contributed by atoms with E-state index in [2.05, 4.69) is 11.8 Å².